The first-order valence-electron chi connectivity index (χ1n) is 6.08. The van der Waals surface area contributed by atoms with E-state index < -0.39 is 0 Å². The zero-order chi connectivity index (χ0) is 13.1. The molecule has 6 heteroatoms. The van der Waals surface area contributed by atoms with Gasteiger partial charge in [-0.3, -0.25) is 4.79 Å². The average Bonchev–Trinajstić information content (AvgIpc) is 2.79. The van der Waals surface area contributed by atoms with Gasteiger partial charge in [-0.05, 0) is 59.4 Å². The molecule has 1 fully saturated rings. The van der Waals surface area contributed by atoms with E-state index in [-0.39, 0.29) is 30.2 Å². The van der Waals surface area contributed by atoms with Gasteiger partial charge in [0.15, 0.2) is 0 Å². The Morgan fingerprint density at radius 2 is 2.21 bits per heavy atom. The van der Waals surface area contributed by atoms with Crippen molar-refractivity contribution in [2.75, 3.05) is 6.54 Å². The van der Waals surface area contributed by atoms with E-state index in [0.29, 0.717) is 22.5 Å². The van der Waals surface area contributed by atoms with E-state index in [1.165, 1.54) is 18.2 Å². The standard InChI is InChI=1S/C13H16BrFN2O.ClH/c14-10-6-8(4-5-11(10)15)13(18)17-12-3-1-2-9(12)7-16;/h4-6,9,12H,1-3,7,16H2,(H,17,18);1H. The number of nitrogens with one attached hydrogen (secondary N) is 1. The molecule has 0 bridgehead atoms. The van der Waals surface area contributed by atoms with Gasteiger partial charge >= 0.3 is 0 Å². The molecule has 1 amide bonds. The van der Waals surface area contributed by atoms with Crippen LogP contribution in [-0.2, 0) is 0 Å². The normalized spacial score (nSPS) is 21.8. The number of nitrogens with two attached hydrogens (primary N) is 1. The Balaban J connectivity index is 0.00000180. The summed E-state index contributed by atoms with van der Waals surface area (Å²) in [5.74, 6) is -0.175. The van der Waals surface area contributed by atoms with Crippen LogP contribution < -0.4 is 11.1 Å². The predicted molar refractivity (Wildman–Crippen MR) is 79.0 cm³/mol. The highest BCUT2D eigenvalue weighted by molar-refractivity contribution is 9.10. The molecular formula is C13H17BrClFN2O. The van der Waals surface area contributed by atoms with Gasteiger partial charge in [-0.1, -0.05) is 6.42 Å². The molecule has 3 nitrogen and oxygen atoms in total. The molecule has 0 aromatic heterocycles. The van der Waals surface area contributed by atoms with Gasteiger partial charge in [-0.2, -0.15) is 0 Å². The molecular weight excluding hydrogens is 335 g/mol. The van der Waals surface area contributed by atoms with Crippen LogP contribution in [0, 0.1) is 11.7 Å². The molecule has 3 N–H and O–H groups in total. The summed E-state index contributed by atoms with van der Waals surface area (Å²) in [6, 6.07) is 4.42. The zero-order valence-electron chi connectivity index (χ0n) is 10.4. The fourth-order valence-electron chi connectivity index (χ4n) is 2.40. The van der Waals surface area contributed by atoms with E-state index in [1.807, 2.05) is 0 Å². The van der Waals surface area contributed by atoms with Gasteiger partial charge in [-0.15, -0.1) is 12.4 Å². The van der Waals surface area contributed by atoms with Gasteiger partial charge in [0.25, 0.3) is 5.91 Å². The quantitative estimate of drug-likeness (QED) is 0.880. The Hall–Kier alpha value is -0.650. The number of hydrogen-bond donors (Lipinski definition) is 2. The van der Waals surface area contributed by atoms with Gasteiger partial charge in [-0.25, -0.2) is 4.39 Å². The van der Waals surface area contributed by atoms with E-state index in [4.69, 9.17) is 5.73 Å². The van der Waals surface area contributed by atoms with Crippen LogP contribution in [0.5, 0.6) is 0 Å². The Kier molecular flexibility index (Phi) is 6.23. The van der Waals surface area contributed by atoms with E-state index >= 15 is 0 Å². The van der Waals surface area contributed by atoms with Crippen molar-refractivity contribution in [1.82, 2.24) is 5.32 Å². The van der Waals surface area contributed by atoms with Crippen LogP contribution in [-0.4, -0.2) is 18.5 Å². The van der Waals surface area contributed by atoms with Gasteiger partial charge in [0.2, 0.25) is 0 Å². The number of rotatable bonds is 3. The lowest BCUT2D eigenvalue weighted by molar-refractivity contribution is 0.0928. The summed E-state index contributed by atoms with van der Waals surface area (Å²) in [6.45, 7) is 0.595. The second-order valence-electron chi connectivity index (χ2n) is 4.64. The molecule has 2 rings (SSSR count). The first kappa shape index (κ1) is 16.4. The van der Waals surface area contributed by atoms with Gasteiger partial charge < -0.3 is 11.1 Å². The van der Waals surface area contributed by atoms with Crippen molar-refractivity contribution in [2.24, 2.45) is 11.7 Å². The van der Waals surface area contributed by atoms with E-state index in [1.54, 1.807) is 0 Å². The topological polar surface area (TPSA) is 55.1 Å². The monoisotopic (exact) mass is 350 g/mol. The summed E-state index contributed by atoms with van der Waals surface area (Å²) in [7, 11) is 0. The molecule has 0 spiro atoms. The number of amides is 1. The lowest BCUT2D eigenvalue weighted by Crippen LogP contribution is -2.39. The molecule has 0 saturated heterocycles. The second kappa shape index (κ2) is 7.22. The maximum Gasteiger partial charge on any atom is 0.251 e. The molecule has 1 saturated carbocycles. The lowest BCUT2D eigenvalue weighted by Gasteiger charge is -2.19. The third kappa shape index (κ3) is 3.91. The van der Waals surface area contributed by atoms with E-state index in [2.05, 4.69) is 21.2 Å². The Morgan fingerprint density at radius 3 is 2.84 bits per heavy atom. The first-order valence-corrected chi connectivity index (χ1v) is 6.87. The number of carbonyl (C=O) groups is 1. The smallest absolute Gasteiger partial charge is 0.251 e. The molecule has 0 radical (unpaired) electrons. The molecule has 0 aliphatic heterocycles. The van der Waals surface area contributed by atoms with Crippen molar-refractivity contribution < 1.29 is 9.18 Å². The van der Waals surface area contributed by atoms with Crippen LogP contribution in [0.25, 0.3) is 0 Å². The van der Waals surface area contributed by atoms with Crippen molar-refractivity contribution in [3.8, 4) is 0 Å². The summed E-state index contributed by atoms with van der Waals surface area (Å²) in [4.78, 5) is 12.0. The fraction of sp³-hybridized carbons (Fsp3) is 0.462. The Labute approximate surface area is 126 Å². The number of carbonyl (C=O) groups excluding carboxylic acids is 1. The van der Waals surface area contributed by atoms with Gasteiger partial charge in [0, 0.05) is 11.6 Å². The van der Waals surface area contributed by atoms with E-state index in [9.17, 15) is 9.18 Å². The van der Waals surface area contributed by atoms with Crippen LogP contribution in [0.15, 0.2) is 22.7 Å². The SMILES string of the molecule is Cl.NCC1CCCC1NC(=O)c1ccc(F)c(Br)c1. The van der Waals surface area contributed by atoms with Crippen molar-refractivity contribution in [1.29, 1.82) is 0 Å². The number of hydrogen-bond acceptors (Lipinski definition) is 2. The molecule has 0 heterocycles. The molecule has 106 valence electrons. The van der Waals surface area contributed by atoms with Crippen LogP contribution in [0.3, 0.4) is 0 Å². The summed E-state index contributed by atoms with van der Waals surface area (Å²) >= 11 is 3.08. The zero-order valence-corrected chi connectivity index (χ0v) is 12.8. The fourth-order valence-corrected chi connectivity index (χ4v) is 2.78. The van der Waals surface area contributed by atoms with Crippen LogP contribution in [0.2, 0.25) is 0 Å². The van der Waals surface area contributed by atoms with Crippen molar-refractivity contribution in [3.63, 3.8) is 0 Å². The summed E-state index contributed by atoms with van der Waals surface area (Å²) in [6.07, 6.45) is 3.13. The average molecular weight is 352 g/mol. The van der Waals surface area contributed by atoms with Crippen molar-refractivity contribution in [3.05, 3.63) is 34.1 Å². The summed E-state index contributed by atoms with van der Waals surface area (Å²) < 4.78 is 13.4. The molecule has 2 unspecified atom stereocenters. The summed E-state index contributed by atoms with van der Waals surface area (Å²) in [5.41, 5.74) is 6.14. The second-order valence-corrected chi connectivity index (χ2v) is 5.49. The molecule has 1 aromatic rings. The Morgan fingerprint density at radius 1 is 1.47 bits per heavy atom. The minimum Gasteiger partial charge on any atom is -0.349 e. The Bertz CT molecular complexity index is 458. The van der Waals surface area contributed by atoms with Crippen LogP contribution in [0.4, 0.5) is 4.39 Å². The van der Waals surface area contributed by atoms with Gasteiger partial charge in [0.05, 0.1) is 4.47 Å². The van der Waals surface area contributed by atoms with Crippen LogP contribution in [0.1, 0.15) is 29.6 Å². The molecule has 1 aliphatic carbocycles. The maximum atomic E-state index is 13.1. The van der Waals surface area contributed by atoms with Crippen LogP contribution >= 0.6 is 28.3 Å². The summed E-state index contributed by atoms with van der Waals surface area (Å²) in [5, 5.41) is 2.98. The molecule has 19 heavy (non-hydrogen) atoms. The largest absolute Gasteiger partial charge is 0.349 e. The predicted octanol–water partition coefficient (Wildman–Crippen LogP) is 2.87. The highest BCUT2D eigenvalue weighted by Crippen LogP contribution is 2.25. The highest BCUT2D eigenvalue weighted by Gasteiger charge is 2.27. The van der Waals surface area contributed by atoms with Gasteiger partial charge in [0.1, 0.15) is 5.82 Å². The lowest BCUT2D eigenvalue weighted by atomic mass is 10.0. The minimum atomic E-state index is -0.368. The van der Waals surface area contributed by atoms with E-state index in [0.717, 1.165) is 19.3 Å². The molecule has 2 atom stereocenters. The number of halogens is 3. The maximum absolute atomic E-state index is 13.1. The minimum absolute atomic E-state index is 0. The third-order valence-corrected chi connectivity index (χ3v) is 4.07. The highest BCUT2D eigenvalue weighted by atomic mass is 79.9. The molecule has 1 aliphatic rings. The molecule has 1 aromatic carbocycles. The van der Waals surface area contributed by atoms with Crippen molar-refractivity contribution in [2.45, 2.75) is 25.3 Å². The first-order chi connectivity index (χ1) is 8.61. The van der Waals surface area contributed by atoms with Crippen molar-refractivity contribution >= 4 is 34.2 Å². The number of benzene rings is 1. The third-order valence-electron chi connectivity index (χ3n) is 3.46.